The van der Waals surface area contributed by atoms with E-state index in [1.165, 1.54) is 50.0 Å². The van der Waals surface area contributed by atoms with Gasteiger partial charge in [0.15, 0.2) is 0 Å². The molecule has 1 aromatic heterocycles. The lowest BCUT2D eigenvalue weighted by molar-refractivity contribution is -0.0137. The lowest BCUT2D eigenvalue weighted by Crippen LogP contribution is -2.52. The van der Waals surface area contributed by atoms with Crippen LogP contribution in [0.2, 0.25) is 0 Å². The Balaban J connectivity index is 1.30. The van der Waals surface area contributed by atoms with Crippen molar-refractivity contribution in [2.75, 3.05) is 20.1 Å². The first-order valence-electron chi connectivity index (χ1n) is 12.4. The van der Waals surface area contributed by atoms with Gasteiger partial charge in [-0.25, -0.2) is 0 Å². The number of carbonyl (C=O) groups excluding carboxylic acids is 1. The minimum atomic E-state index is -0.276. The molecule has 2 aliphatic carbocycles. The fraction of sp³-hybridized carbons (Fsp3) is 0.593. The topological polar surface area (TPSA) is 32.8 Å². The summed E-state index contributed by atoms with van der Waals surface area (Å²) in [6, 6.07) is 12.8. The van der Waals surface area contributed by atoms with Crippen LogP contribution in [0, 0.1) is 5.92 Å². The smallest absolute Gasteiger partial charge is 0.264 e. The normalized spacial score (nSPS) is 26.6. The van der Waals surface area contributed by atoms with Crippen LogP contribution in [0.25, 0.3) is 0 Å². The van der Waals surface area contributed by atoms with Crippen LogP contribution >= 0.6 is 11.3 Å². The van der Waals surface area contributed by atoms with E-state index in [-0.39, 0.29) is 11.5 Å². The average molecular weight is 453 g/mol. The maximum absolute atomic E-state index is 13.3. The van der Waals surface area contributed by atoms with E-state index in [0.29, 0.717) is 19.1 Å². The molecule has 3 aliphatic rings. The first kappa shape index (κ1) is 22.0. The zero-order valence-electron chi connectivity index (χ0n) is 19.3. The Morgan fingerprint density at radius 1 is 1.09 bits per heavy atom. The van der Waals surface area contributed by atoms with Crippen molar-refractivity contribution in [1.82, 2.24) is 9.80 Å². The van der Waals surface area contributed by atoms with E-state index < -0.39 is 0 Å². The third-order valence-corrected chi connectivity index (χ3v) is 8.78. The number of fused-ring (bicyclic) bond motifs is 1. The summed E-state index contributed by atoms with van der Waals surface area (Å²) in [7, 11) is 2.33. The summed E-state index contributed by atoms with van der Waals surface area (Å²) in [5.41, 5.74) is 0.840. The SMILES string of the molecule is CN(CC1CCCCC1)C1CCC2(CC1)CN(C(=O)c1cccs1)Cc1ccccc1O2. The van der Waals surface area contributed by atoms with Gasteiger partial charge in [-0.2, -0.15) is 0 Å². The Morgan fingerprint density at radius 3 is 2.62 bits per heavy atom. The van der Waals surface area contributed by atoms with Gasteiger partial charge in [0.2, 0.25) is 0 Å². The number of para-hydroxylation sites is 1. The van der Waals surface area contributed by atoms with Crippen molar-refractivity contribution < 1.29 is 9.53 Å². The van der Waals surface area contributed by atoms with E-state index in [9.17, 15) is 4.79 Å². The van der Waals surface area contributed by atoms with Gasteiger partial charge < -0.3 is 14.5 Å². The van der Waals surface area contributed by atoms with E-state index in [4.69, 9.17) is 4.74 Å². The molecule has 0 unspecified atom stereocenters. The first-order valence-corrected chi connectivity index (χ1v) is 13.3. The lowest BCUT2D eigenvalue weighted by atomic mass is 9.80. The van der Waals surface area contributed by atoms with Gasteiger partial charge in [0.05, 0.1) is 11.4 Å². The van der Waals surface area contributed by atoms with Crippen molar-refractivity contribution in [2.45, 2.75) is 76.0 Å². The van der Waals surface area contributed by atoms with Crippen LogP contribution in [-0.4, -0.2) is 47.5 Å². The first-order chi connectivity index (χ1) is 15.6. The van der Waals surface area contributed by atoms with Crippen LogP contribution in [0.3, 0.4) is 0 Å². The highest BCUT2D eigenvalue weighted by Gasteiger charge is 2.43. The molecule has 32 heavy (non-hydrogen) atoms. The summed E-state index contributed by atoms with van der Waals surface area (Å²) in [5.74, 6) is 1.98. The van der Waals surface area contributed by atoms with Gasteiger partial charge in [0, 0.05) is 24.7 Å². The molecule has 5 heteroatoms. The number of carbonyl (C=O) groups is 1. The predicted octanol–water partition coefficient (Wildman–Crippen LogP) is 5.98. The van der Waals surface area contributed by atoms with E-state index in [0.717, 1.165) is 47.8 Å². The van der Waals surface area contributed by atoms with Gasteiger partial charge in [-0.05, 0) is 69.0 Å². The van der Waals surface area contributed by atoms with E-state index in [2.05, 4.69) is 24.1 Å². The van der Waals surface area contributed by atoms with Crippen LogP contribution in [0.4, 0.5) is 0 Å². The molecule has 1 spiro atoms. The zero-order valence-corrected chi connectivity index (χ0v) is 20.1. The Labute approximate surface area is 196 Å². The second-order valence-electron chi connectivity index (χ2n) is 10.2. The average Bonchev–Trinajstić information content (AvgIpc) is 3.30. The quantitative estimate of drug-likeness (QED) is 0.572. The molecule has 2 heterocycles. The molecule has 4 nitrogen and oxygen atoms in total. The maximum atomic E-state index is 13.3. The van der Waals surface area contributed by atoms with Crippen LogP contribution in [0.1, 0.15) is 73.0 Å². The van der Waals surface area contributed by atoms with Crippen LogP contribution in [-0.2, 0) is 6.54 Å². The minimum Gasteiger partial charge on any atom is -0.485 e. The molecule has 1 amide bonds. The van der Waals surface area contributed by atoms with Crippen molar-refractivity contribution in [1.29, 1.82) is 0 Å². The fourth-order valence-corrected chi connectivity index (χ4v) is 6.76. The Hall–Kier alpha value is -1.85. The highest BCUT2D eigenvalue weighted by Crippen LogP contribution is 2.40. The molecule has 0 radical (unpaired) electrons. The predicted molar refractivity (Wildman–Crippen MR) is 130 cm³/mol. The third-order valence-electron chi connectivity index (χ3n) is 7.92. The van der Waals surface area contributed by atoms with Gasteiger partial charge in [0.1, 0.15) is 11.4 Å². The Kier molecular flexibility index (Phi) is 6.56. The van der Waals surface area contributed by atoms with Crippen LogP contribution < -0.4 is 4.74 Å². The largest absolute Gasteiger partial charge is 0.485 e. The van der Waals surface area contributed by atoms with E-state index in [1.807, 2.05) is 34.5 Å². The summed E-state index contributed by atoms with van der Waals surface area (Å²) < 4.78 is 6.75. The molecule has 0 atom stereocenters. The highest BCUT2D eigenvalue weighted by molar-refractivity contribution is 7.12. The van der Waals surface area contributed by atoms with Gasteiger partial charge >= 0.3 is 0 Å². The molecule has 5 rings (SSSR count). The summed E-state index contributed by atoms with van der Waals surface area (Å²) in [6.07, 6.45) is 11.4. The number of rotatable bonds is 4. The molecule has 1 aromatic carbocycles. The number of nitrogens with zero attached hydrogens (tertiary/aromatic N) is 2. The van der Waals surface area contributed by atoms with Gasteiger partial charge in [-0.3, -0.25) is 4.79 Å². The summed E-state index contributed by atoms with van der Waals surface area (Å²) in [6.45, 7) is 2.54. The standard InChI is InChI=1S/C27H36N2O2S/c1-28(18-21-8-3-2-4-9-21)23-13-15-27(16-14-23)20-29(26(30)25-12-7-17-32-25)19-22-10-5-6-11-24(22)31-27/h5-7,10-12,17,21,23H,2-4,8-9,13-16,18-20H2,1H3. The van der Waals surface area contributed by atoms with E-state index in [1.54, 1.807) is 0 Å². The van der Waals surface area contributed by atoms with Gasteiger partial charge in [0.25, 0.3) is 5.91 Å². The molecule has 0 N–H and O–H groups in total. The number of thiophene rings is 1. The molecule has 0 saturated heterocycles. The fourth-order valence-electron chi connectivity index (χ4n) is 6.06. The molecule has 0 bridgehead atoms. The second kappa shape index (κ2) is 9.56. The van der Waals surface area contributed by atoms with Crippen molar-refractivity contribution in [3.8, 4) is 5.75 Å². The molecule has 2 fully saturated rings. The monoisotopic (exact) mass is 452 g/mol. The molecule has 172 valence electrons. The van der Waals surface area contributed by atoms with E-state index >= 15 is 0 Å². The number of ether oxygens (including phenoxy) is 1. The molecule has 2 aromatic rings. The Bertz CT molecular complexity index is 898. The molecule has 2 saturated carbocycles. The molecular formula is C27H36N2O2S. The highest BCUT2D eigenvalue weighted by atomic mass is 32.1. The number of amides is 1. The summed E-state index contributed by atoms with van der Waals surface area (Å²) >= 11 is 1.53. The van der Waals surface area contributed by atoms with Crippen molar-refractivity contribution in [2.24, 2.45) is 5.92 Å². The second-order valence-corrected chi connectivity index (χ2v) is 11.2. The zero-order chi connectivity index (χ0) is 22.0. The Morgan fingerprint density at radius 2 is 1.88 bits per heavy atom. The summed E-state index contributed by atoms with van der Waals surface area (Å²) in [4.78, 5) is 18.8. The van der Waals surface area contributed by atoms with Gasteiger partial charge in [-0.15, -0.1) is 11.3 Å². The summed E-state index contributed by atoms with van der Waals surface area (Å²) in [5, 5.41) is 1.98. The van der Waals surface area contributed by atoms with Crippen LogP contribution in [0.15, 0.2) is 41.8 Å². The van der Waals surface area contributed by atoms with Crippen molar-refractivity contribution >= 4 is 17.2 Å². The number of hydrogen-bond donors (Lipinski definition) is 0. The third kappa shape index (κ3) is 4.74. The molecule has 1 aliphatic heterocycles. The number of hydrogen-bond acceptors (Lipinski definition) is 4. The maximum Gasteiger partial charge on any atom is 0.264 e. The lowest BCUT2D eigenvalue weighted by Gasteiger charge is -2.44. The van der Waals surface area contributed by atoms with Crippen molar-refractivity contribution in [3.63, 3.8) is 0 Å². The minimum absolute atomic E-state index is 0.135. The van der Waals surface area contributed by atoms with Crippen LogP contribution in [0.5, 0.6) is 5.75 Å². The molecular weight excluding hydrogens is 416 g/mol. The van der Waals surface area contributed by atoms with Crippen molar-refractivity contribution in [3.05, 3.63) is 52.2 Å². The number of benzene rings is 1. The van der Waals surface area contributed by atoms with Gasteiger partial charge in [-0.1, -0.05) is 43.5 Å².